The molecule has 0 amide bonds. The Labute approximate surface area is 590 Å². The molecule has 3 aliphatic carbocycles. The van der Waals surface area contributed by atoms with Gasteiger partial charge in [0.05, 0.1) is 74.4 Å². The molecule has 3 saturated carbocycles. The van der Waals surface area contributed by atoms with Gasteiger partial charge in [-0.1, -0.05) is 0 Å². The number of nitrogens with two attached hydrogens (primary N) is 11. The number of likely N-dealkylation sites (N-methyl/N-ethyl adjacent to an activating group) is 4. The van der Waals surface area contributed by atoms with Crippen molar-refractivity contribution in [1.82, 2.24) is 21.3 Å². The first kappa shape index (κ1) is 88.3. The molecule has 0 unspecified atom stereocenters. The summed E-state index contributed by atoms with van der Waals surface area (Å²) in [6.07, 6.45) is -13.3. The largest absolute Gasteiger partial charge is 0.394 e. The fourth-order valence-corrected chi connectivity index (χ4v) is 14.6. The van der Waals surface area contributed by atoms with Crippen LogP contribution in [0.15, 0.2) is 0 Å². The van der Waals surface area contributed by atoms with E-state index in [0.29, 0.717) is 45.1 Å². The topological polar surface area (TPSA) is 702 Å². The third kappa shape index (κ3) is 23.0. The summed E-state index contributed by atoms with van der Waals surface area (Å²) in [5.41, 5.74) is 63.8. The van der Waals surface area contributed by atoms with Crippen LogP contribution < -0.4 is 84.3 Å². The van der Waals surface area contributed by atoms with Crippen LogP contribution in [-0.2, 0) is 67.2 Å². The normalized spacial score (nSPS) is 49.1. The van der Waals surface area contributed by atoms with E-state index in [2.05, 4.69) is 21.3 Å². The molecule has 40 nitrogen and oxygen atoms in total. The van der Waals surface area contributed by atoms with E-state index in [4.69, 9.17) is 137 Å². The van der Waals surface area contributed by atoms with E-state index in [1.54, 1.807) is 41.9 Å². The van der Waals surface area contributed by atoms with Crippen LogP contribution in [0, 0.1) is 0 Å². The minimum Gasteiger partial charge on any atom is -0.388 e. The number of hydrogen-bond acceptors (Lipinski definition) is 38. The summed E-state index contributed by atoms with van der Waals surface area (Å²) in [7, 11) is 2.07. The minimum atomic E-state index is -4.67. The van der Waals surface area contributed by atoms with Gasteiger partial charge in [-0.05, 0) is 121 Å². The van der Waals surface area contributed by atoms with Gasteiger partial charge in [-0.15, -0.1) is 0 Å². The molecular weight excluding hydrogens is 1360 g/mol. The first-order valence-corrected chi connectivity index (χ1v) is 36.1. The lowest BCUT2D eigenvalue weighted by atomic mass is 9.84. The van der Waals surface area contributed by atoms with Gasteiger partial charge in [-0.2, -0.15) is 8.42 Å². The summed E-state index contributed by atoms with van der Waals surface area (Å²) in [5, 5.41) is 108. The van der Waals surface area contributed by atoms with Gasteiger partial charge in [0.1, 0.15) is 90.1 Å². The van der Waals surface area contributed by atoms with E-state index in [0.717, 1.165) is 19.3 Å². The lowest BCUT2D eigenvalue weighted by molar-refractivity contribution is -0.307. The van der Waals surface area contributed by atoms with Crippen molar-refractivity contribution in [3.05, 3.63) is 0 Å². The Bertz CT molecular complexity index is 2560. The molecule has 9 rings (SSSR count). The highest BCUT2D eigenvalue weighted by Crippen LogP contribution is 2.36. The van der Waals surface area contributed by atoms with Crippen LogP contribution in [0.4, 0.5) is 0 Å². The number of rotatable bonds is 19. The second-order valence-corrected chi connectivity index (χ2v) is 30.1. The van der Waals surface area contributed by atoms with Crippen LogP contribution in [0.3, 0.4) is 0 Å². The lowest BCUT2D eigenvalue weighted by Gasteiger charge is -2.48. The van der Waals surface area contributed by atoms with E-state index in [9.17, 15) is 46.0 Å². The summed E-state index contributed by atoms with van der Waals surface area (Å²) >= 11 is 0. The number of nitrogens with one attached hydrogen (secondary N) is 4. The lowest BCUT2D eigenvalue weighted by Crippen LogP contribution is -2.68. The molecule has 0 aromatic carbocycles. The van der Waals surface area contributed by atoms with Crippen molar-refractivity contribution in [2.75, 3.05) is 54.6 Å². The highest BCUT2D eigenvalue weighted by molar-refractivity contribution is 7.79. The number of hydrogen-bond donors (Lipinski definition) is 26. The molecule has 6 heterocycles. The molecule has 596 valence electrons. The molecule has 37 N–H and O–H groups in total. The molecule has 6 saturated heterocycles. The molecule has 38 atom stereocenters. The molecule has 0 aromatic heterocycles. The minimum absolute atomic E-state index is 0.0620. The zero-order chi connectivity index (χ0) is 75.7. The average molecular weight is 1490 g/mol. The molecule has 101 heavy (non-hydrogen) atoms. The summed E-state index contributed by atoms with van der Waals surface area (Å²) in [6.45, 7) is 8.70. The first-order valence-electron chi connectivity index (χ1n) is 34.7. The van der Waals surface area contributed by atoms with Gasteiger partial charge in [-0.3, -0.25) is 9.11 Å². The predicted octanol–water partition coefficient (Wildman–Crippen LogP) is -11.5. The standard InChI is InChI=1S/C21H43N5O7.C20H41N5O7.C19H39N5O7.H2O4S/c1-9(25-3)13-6-5-10(22)19(31-13)32-16-11(23)7-12(24)17(14(16)27)33-20-15(28)18(26-4)21(2,29)8-30-20;1-8(21)12-5-4-9(22)18(30-12)31-15-10(23)6-11(24)16(13(15)26)32-19-14(27)17(25-3)20(2,28)7-29-19;1-19(27)7-28-18(13(26)16(19)24-2)31-15-11(23)5-10(22)14(12(15)25)30-17-9(21)4-3-8(6-20)29-17;1-5(2,3)4/h9-20,25-29H,5-8,22-24H2,1-4H3;8-19,25-28H,4-7,21-24H2,1-3H3;8-18,24-27H,3-7,20-23H2,1-2H3;(H2,1,2,3,4)/t9-,10+,11-,12+,13+,14+,15-,16-,17-,18-,19+,20+,21+;8-,9+,10-,11+,12+,13+,14-,15-,16-,17-,18+,19+,20+;8-,9-,10+,11-,12-,13+,14+,15+,16+,17-,18-,19-;/m001./s1. The molecule has 0 aromatic rings. The highest BCUT2D eigenvalue weighted by Gasteiger charge is 2.55. The maximum atomic E-state index is 11.1. The van der Waals surface area contributed by atoms with Crippen molar-refractivity contribution in [2.24, 2.45) is 63.1 Å². The number of ether oxygens (including phenoxy) is 12. The van der Waals surface area contributed by atoms with Gasteiger partial charge in [-0.25, -0.2) is 0 Å². The summed E-state index contributed by atoms with van der Waals surface area (Å²) in [4.78, 5) is 0. The number of aliphatic hydroxyl groups excluding tert-OH is 6. The van der Waals surface area contributed by atoms with Gasteiger partial charge in [0.25, 0.3) is 0 Å². The van der Waals surface area contributed by atoms with E-state index in [1.165, 1.54) is 0 Å². The Morgan fingerprint density at radius 2 is 0.683 bits per heavy atom. The second kappa shape index (κ2) is 38.2. The van der Waals surface area contributed by atoms with Crippen LogP contribution in [-0.4, -0.2) is 349 Å². The van der Waals surface area contributed by atoms with E-state index in [1.807, 2.05) is 20.9 Å². The van der Waals surface area contributed by atoms with Gasteiger partial charge in [0.15, 0.2) is 37.7 Å². The van der Waals surface area contributed by atoms with Gasteiger partial charge in [0, 0.05) is 54.9 Å². The smallest absolute Gasteiger partial charge is 0.388 e. The van der Waals surface area contributed by atoms with Gasteiger partial charge >= 0.3 is 10.4 Å². The van der Waals surface area contributed by atoms with Crippen molar-refractivity contribution in [3.8, 4) is 0 Å². The fourth-order valence-electron chi connectivity index (χ4n) is 14.6. The molecule has 0 radical (unpaired) electrons. The molecule has 0 bridgehead atoms. The van der Waals surface area contributed by atoms with Crippen LogP contribution in [0.2, 0.25) is 0 Å². The van der Waals surface area contributed by atoms with E-state index < -0.39 is 193 Å². The second-order valence-electron chi connectivity index (χ2n) is 29.2. The third-order valence-electron chi connectivity index (χ3n) is 20.6. The van der Waals surface area contributed by atoms with Crippen molar-refractivity contribution >= 4 is 10.4 Å². The molecule has 0 spiro atoms. The molecule has 9 aliphatic rings. The van der Waals surface area contributed by atoms with E-state index >= 15 is 0 Å². The molecule has 9 fully saturated rings. The van der Waals surface area contributed by atoms with Crippen LogP contribution in [0.25, 0.3) is 0 Å². The Morgan fingerprint density at radius 1 is 0.426 bits per heavy atom. The van der Waals surface area contributed by atoms with Crippen LogP contribution >= 0.6 is 0 Å². The van der Waals surface area contributed by atoms with Gasteiger partial charge in [0.2, 0.25) is 0 Å². The van der Waals surface area contributed by atoms with Crippen molar-refractivity contribution in [1.29, 1.82) is 0 Å². The summed E-state index contributed by atoms with van der Waals surface area (Å²) in [6, 6.07) is -6.84. The van der Waals surface area contributed by atoms with Crippen molar-refractivity contribution < 1.29 is 120 Å². The Balaban J connectivity index is 0.000000230. The van der Waals surface area contributed by atoms with Crippen LogP contribution in [0.1, 0.15) is 92.4 Å². The van der Waals surface area contributed by atoms with E-state index in [-0.39, 0.29) is 68.3 Å². The predicted molar refractivity (Wildman–Crippen MR) is 360 cm³/mol. The summed E-state index contributed by atoms with van der Waals surface area (Å²) < 4.78 is 102. The zero-order valence-corrected chi connectivity index (χ0v) is 60.1. The summed E-state index contributed by atoms with van der Waals surface area (Å²) in [5.74, 6) is 0. The Hall–Kier alpha value is -1.57. The quantitative estimate of drug-likeness (QED) is 0.0534. The van der Waals surface area contributed by atoms with Crippen molar-refractivity contribution in [2.45, 2.75) is 323 Å². The Morgan fingerprint density at radius 3 is 0.950 bits per heavy atom. The average Bonchev–Trinajstić information content (AvgIpc) is 0.790. The molecular formula is C60H125N15O25S. The maximum Gasteiger partial charge on any atom is 0.394 e. The third-order valence-corrected chi connectivity index (χ3v) is 20.6. The van der Waals surface area contributed by atoms with Crippen LogP contribution in [0.5, 0.6) is 0 Å². The zero-order valence-electron chi connectivity index (χ0n) is 59.3. The molecule has 41 heteroatoms. The SMILES string of the molecule is CN[C@@H](C)[C@H]1CC[C@@H](N)[C@@H](O[C@@H]2[C@@H](O)[C@@H](O[C@H]3OC[C@@](C)(O)[C@@H](NC)[C@@H]3O)[C@H](N)C[C@@H]2N)O1.CN[C@H]1[C@H](O)[C@@H](O[C@@H]2[C@H](O)[C@@H](O[C@H]3O[C@@H](CN)CC[C@H]3N)[C@@H](N)C[C@H]2N)OC[C@@]1(C)O.CN[C@H]1[C@H](O)[C@@H](O[C@@H]2[C@H](O)[C@@H](O[C@H]3O[C@@H]([C@H](C)N)CC[C@H]3N)[C@@H](N)C[C@H]2N)OC[C@@]1(C)O.O=S(=O)(O)O. The van der Waals surface area contributed by atoms with Crippen molar-refractivity contribution in [3.63, 3.8) is 0 Å². The number of aliphatic hydroxyl groups is 9. The molecule has 6 aliphatic heterocycles. The monoisotopic (exact) mass is 1490 g/mol. The Kier molecular flexibility index (Phi) is 33.4. The van der Waals surface area contributed by atoms with Gasteiger partial charge < -0.3 is 187 Å². The fraction of sp³-hybridized carbons (Fsp3) is 1.00. The maximum absolute atomic E-state index is 11.1. The first-order chi connectivity index (χ1) is 47.0. The highest BCUT2D eigenvalue weighted by atomic mass is 32.3.